The standard InChI is InChI=1S/C13H16N2O4/c1-4-8(2)14-13(18)15-11-7-9(19-3)5-6-10(11)12(16)17/h4-8H,1H2,2-3H3,(H,16,17)(H2,14,15,18). The molecule has 1 aromatic rings. The molecule has 6 nitrogen and oxygen atoms in total. The Kier molecular flexibility index (Phi) is 4.93. The van der Waals surface area contributed by atoms with Crippen molar-refractivity contribution in [2.24, 2.45) is 0 Å². The molecule has 1 aromatic carbocycles. The zero-order chi connectivity index (χ0) is 14.4. The molecule has 102 valence electrons. The first-order valence-electron chi connectivity index (χ1n) is 5.59. The van der Waals surface area contributed by atoms with Crippen LogP contribution in [-0.4, -0.2) is 30.3 Å². The highest BCUT2D eigenvalue weighted by Gasteiger charge is 2.14. The van der Waals surface area contributed by atoms with Crippen LogP contribution in [0.5, 0.6) is 5.75 Å². The van der Waals surface area contributed by atoms with E-state index < -0.39 is 12.0 Å². The van der Waals surface area contributed by atoms with Gasteiger partial charge in [-0.05, 0) is 19.1 Å². The summed E-state index contributed by atoms with van der Waals surface area (Å²) in [6.45, 7) is 5.28. The van der Waals surface area contributed by atoms with Crippen molar-refractivity contribution in [1.29, 1.82) is 0 Å². The third-order valence-corrected chi connectivity index (χ3v) is 2.42. The quantitative estimate of drug-likeness (QED) is 0.710. The van der Waals surface area contributed by atoms with Crippen molar-refractivity contribution in [2.75, 3.05) is 12.4 Å². The lowest BCUT2D eigenvalue weighted by atomic mass is 10.1. The highest BCUT2D eigenvalue weighted by Crippen LogP contribution is 2.22. The number of methoxy groups -OCH3 is 1. The van der Waals surface area contributed by atoms with Gasteiger partial charge in [0.05, 0.1) is 18.4 Å². The number of carbonyl (C=O) groups excluding carboxylic acids is 1. The average molecular weight is 264 g/mol. The molecule has 0 saturated carbocycles. The van der Waals surface area contributed by atoms with E-state index in [0.29, 0.717) is 5.75 Å². The summed E-state index contributed by atoms with van der Waals surface area (Å²) in [6, 6.07) is 3.59. The van der Waals surface area contributed by atoms with E-state index in [0.717, 1.165) is 0 Å². The first-order chi connectivity index (χ1) is 8.97. The lowest BCUT2D eigenvalue weighted by molar-refractivity contribution is 0.0698. The zero-order valence-electron chi connectivity index (χ0n) is 10.8. The van der Waals surface area contributed by atoms with Gasteiger partial charge in [-0.2, -0.15) is 0 Å². The normalized spacial score (nSPS) is 11.3. The summed E-state index contributed by atoms with van der Waals surface area (Å²) >= 11 is 0. The molecular weight excluding hydrogens is 248 g/mol. The number of rotatable bonds is 5. The maximum Gasteiger partial charge on any atom is 0.337 e. The lowest BCUT2D eigenvalue weighted by Gasteiger charge is -2.13. The largest absolute Gasteiger partial charge is 0.497 e. The molecule has 0 saturated heterocycles. The number of carboxylic acids is 1. The number of nitrogens with one attached hydrogen (secondary N) is 2. The van der Waals surface area contributed by atoms with Gasteiger partial charge in [-0.15, -0.1) is 6.58 Å². The monoisotopic (exact) mass is 264 g/mol. The molecule has 0 radical (unpaired) electrons. The van der Waals surface area contributed by atoms with Crippen molar-refractivity contribution in [3.05, 3.63) is 36.4 Å². The first-order valence-corrected chi connectivity index (χ1v) is 5.59. The van der Waals surface area contributed by atoms with Crippen molar-refractivity contribution in [1.82, 2.24) is 5.32 Å². The van der Waals surface area contributed by atoms with E-state index in [9.17, 15) is 9.59 Å². The van der Waals surface area contributed by atoms with Gasteiger partial charge >= 0.3 is 12.0 Å². The Morgan fingerprint density at radius 1 is 1.47 bits per heavy atom. The van der Waals surface area contributed by atoms with Crippen LogP contribution in [0.3, 0.4) is 0 Å². The van der Waals surface area contributed by atoms with Gasteiger partial charge in [0.1, 0.15) is 5.75 Å². The predicted molar refractivity (Wildman–Crippen MR) is 71.8 cm³/mol. The minimum absolute atomic E-state index is 0.0118. The Hall–Kier alpha value is -2.50. The third-order valence-electron chi connectivity index (χ3n) is 2.42. The van der Waals surface area contributed by atoms with Crippen molar-refractivity contribution in [3.63, 3.8) is 0 Å². The van der Waals surface area contributed by atoms with Gasteiger partial charge < -0.3 is 20.5 Å². The van der Waals surface area contributed by atoms with Crippen molar-refractivity contribution >= 4 is 17.7 Å². The molecule has 19 heavy (non-hydrogen) atoms. The number of hydrogen-bond donors (Lipinski definition) is 3. The van der Waals surface area contributed by atoms with Crippen LogP contribution in [0.1, 0.15) is 17.3 Å². The number of ether oxygens (including phenoxy) is 1. The number of carbonyl (C=O) groups is 2. The topological polar surface area (TPSA) is 87.7 Å². The summed E-state index contributed by atoms with van der Waals surface area (Å²) in [7, 11) is 1.46. The summed E-state index contributed by atoms with van der Waals surface area (Å²) in [6.07, 6.45) is 1.56. The van der Waals surface area contributed by atoms with Gasteiger partial charge in [-0.1, -0.05) is 6.08 Å². The van der Waals surface area contributed by atoms with Crippen molar-refractivity contribution < 1.29 is 19.4 Å². The SMILES string of the molecule is C=CC(C)NC(=O)Nc1cc(OC)ccc1C(=O)O. The van der Waals surface area contributed by atoms with Crippen LogP contribution in [-0.2, 0) is 0 Å². The number of hydrogen-bond acceptors (Lipinski definition) is 3. The van der Waals surface area contributed by atoms with Crippen molar-refractivity contribution in [3.8, 4) is 5.75 Å². The fraction of sp³-hybridized carbons (Fsp3) is 0.231. The van der Waals surface area contributed by atoms with Crippen molar-refractivity contribution in [2.45, 2.75) is 13.0 Å². The molecule has 1 atom stereocenters. The number of benzene rings is 1. The highest BCUT2D eigenvalue weighted by molar-refractivity contribution is 6.00. The van der Waals surface area contributed by atoms with E-state index in [1.54, 1.807) is 13.0 Å². The second-order valence-corrected chi connectivity index (χ2v) is 3.84. The molecule has 0 aliphatic carbocycles. The Labute approximate surface area is 111 Å². The van der Waals surface area contributed by atoms with Gasteiger partial charge in [-0.25, -0.2) is 9.59 Å². The maximum absolute atomic E-state index is 11.7. The van der Waals surface area contributed by atoms with E-state index >= 15 is 0 Å². The van der Waals surface area contributed by atoms with E-state index in [-0.39, 0.29) is 17.3 Å². The Bertz CT molecular complexity index is 499. The molecule has 0 aliphatic rings. The van der Waals surface area contributed by atoms with Crippen LogP contribution in [0.15, 0.2) is 30.9 Å². The Morgan fingerprint density at radius 3 is 2.68 bits per heavy atom. The lowest BCUT2D eigenvalue weighted by Crippen LogP contribution is -2.35. The minimum Gasteiger partial charge on any atom is -0.497 e. The van der Waals surface area contributed by atoms with Crippen LogP contribution < -0.4 is 15.4 Å². The van der Waals surface area contributed by atoms with Crippen LogP contribution in [0.25, 0.3) is 0 Å². The highest BCUT2D eigenvalue weighted by atomic mass is 16.5. The molecule has 0 aromatic heterocycles. The molecule has 0 aliphatic heterocycles. The molecule has 6 heteroatoms. The van der Waals surface area contributed by atoms with E-state index in [1.165, 1.54) is 25.3 Å². The van der Waals surface area contributed by atoms with Gasteiger partial charge in [-0.3, -0.25) is 0 Å². The Balaban J connectivity index is 2.94. The molecule has 1 unspecified atom stereocenters. The molecular formula is C13H16N2O4. The summed E-state index contributed by atoms with van der Waals surface area (Å²) in [5.41, 5.74) is 0.155. The van der Waals surface area contributed by atoms with Crippen LogP contribution in [0.4, 0.5) is 10.5 Å². The molecule has 0 spiro atoms. The number of anilines is 1. The molecule has 3 N–H and O–H groups in total. The number of urea groups is 1. The molecule has 0 fully saturated rings. The van der Waals surface area contributed by atoms with E-state index in [2.05, 4.69) is 17.2 Å². The van der Waals surface area contributed by atoms with Gasteiger partial charge in [0, 0.05) is 12.1 Å². The summed E-state index contributed by atoms with van der Waals surface area (Å²) in [5.74, 6) is -0.674. The first kappa shape index (κ1) is 14.6. The number of amides is 2. The fourth-order valence-corrected chi connectivity index (χ4v) is 1.36. The third kappa shape index (κ3) is 4.02. The summed E-state index contributed by atoms with van der Waals surface area (Å²) < 4.78 is 4.99. The van der Waals surface area contributed by atoms with E-state index in [4.69, 9.17) is 9.84 Å². The molecule has 0 heterocycles. The smallest absolute Gasteiger partial charge is 0.337 e. The molecule has 1 rings (SSSR count). The summed E-state index contributed by atoms with van der Waals surface area (Å²) in [5, 5.41) is 14.1. The molecule has 0 bridgehead atoms. The number of aromatic carboxylic acids is 1. The average Bonchev–Trinajstić information content (AvgIpc) is 2.37. The van der Waals surface area contributed by atoms with Gasteiger partial charge in [0.15, 0.2) is 0 Å². The van der Waals surface area contributed by atoms with E-state index in [1.807, 2.05) is 0 Å². The predicted octanol–water partition coefficient (Wildman–Crippen LogP) is 2.09. The van der Waals surface area contributed by atoms with Gasteiger partial charge in [0.2, 0.25) is 0 Å². The van der Waals surface area contributed by atoms with Crippen LogP contribution >= 0.6 is 0 Å². The Morgan fingerprint density at radius 2 is 2.16 bits per heavy atom. The fourth-order valence-electron chi connectivity index (χ4n) is 1.36. The zero-order valence-corrected chi connectivity index (χ0v) is 10.8. The van der Waals surface area contributed by atoms with Crippen LogP contribution in [0.2, 0.25) is 0 Å². The minimum atomic E-state index is -1.13. The second kappa shape index (κ2) is 6.44. The summed E-state index contributed by atoms with van der Waals surface area (Å²) in [4.78, 5) is 22.7. The second-order valence-electron chi connectivity index (χ2n) is 3.84. The van der Waals surface area contributed by atoms with Gasteiger partial charge in [0.25, 0.3) is 0 Å². The maximum atomic E-state index is 11.7. The molecule has 2 amide bonds. The number of carboxylic acid groups (broad SMARTS) is 1. The van der Waals surface area contributed by atoms with Crippen LogP contribution in [0, 0.1) is 0 Å².